The second-order valence-electron chi connectivity index (χ2n) is 3.40. The molecule has 0 amide bonds. The Bertz CT molecular complexity index is 150. The maximum Gasteiger partial charge on any atom is 0.325 e. The van der Waals surface area contributed by atoms with Crippen LogP contribution in [0, 0.1) is 11.8 Å². The average Bonchev–Trinajstić information content (AvgIpc) is 1.80. The van der Waals surface area contributed by atoms with Crippen molar-refractivity contribution in [3.8, 4) is 0 Å². The van der Waals surface area contributed by atoms with E-state index in [-0.39, 0.29) is 6.16 Å². The molecule has 0 spiro atoms. The summed E-state index contributed by atoms with van der Waals surface area (Å²) < 4.78 is 10.5. The van der Waals surface area contributed by atoms with Crippen molar-refractivity contribution in [3.63, 3.8) is 0 Å². The third-order valence-electron chi connectivity index (χ3n) is 2.01. The SMILES string of the molecule is CC(C)C(C)CCP(=O)(O)O. The van der Waals surface area contributed by atoms with Gasteiger partial charge in [0.1, 0.15) is 0 Å². The van der Waals surface area contributed by atoms with Gasteiger partial charge in [0.25, 0.3) is 0 Å². The Morgan fingerprint density at radius 1 is 1.27 bits per heavy atom. The van der Waals surface area contributed by atoms with E-state index in [2.05, 4.69) is 13.8 Å². The van der Waals surface area contributed by atoms with Gasteiger partial charge in [-0.25, -0.2) is 0 Å². The minimum atomic E-state index is -3.76. The molecular formula is C7H17O3P. The smallest absolute Gasteiger partial charge is 0.324 e. The van der Waals surface area contributed by atoms with Crippen molar-refractivity contribution >= 4 is 7.60 Å². The lowest BCUT2D eigenvalue weighted by Gasteiger charge is -2.15. The van der Waals surface area contributed by atoms with Crippen LogP contribution in [0.1, 0.15) is 27.2 Å². The van der Waals surface area contributed by atoms with Gasteiger partial charge >= 0.3 is 7.60 Å². The molecule has 0 aromatic rings. The Morgan fingerprint density at radius 3 is 2.00 bits per heavy atom. The summed E-state index contributed by atoms with van der Waals surface area (Å²) in [6, 6.07) is 0. The maximum atomic E-state index is 10.5. The molecule has 1 atom stereocenters. The highest BCUT2D eigenvalue weighted by Gasteiger charge is 2.16. The van der Waals surface area contributed by atoms with Gasteiger partial charge in [0, 0.05) is 0 Å². The summed E-state index contributed by atoms with van der Waals surface area (Å²) in [5.74, 6) is 0.893. The molecule has 0 fully saturated rings. The predicted molar refractivity (Wildman–Crippen MR) is 45.5 cm³/mol. The monoisotopic (exact) mass is 180 g/mol. The lowest BCUT2D eigenvalue weighted by atomic mass is 9.96. The van der Waals surface area contributed by atoms with Gasteiger partial charge in [0.2, 0.25) is 0 Å². The van der Waals surface area contributed by atoms with Gasteiger partial charge in [-0.05, 0) is 18.3 Å². The summed E-state index contributed by atoms with van der Waals surface area (Å²) in [6.45, 7) is 6.13. The van der Waals surface area contributed by atoms with Crippen LogP contribution in [0.2, 0.25) is 0 Å². The van der Waals surface area contributed by atoms with Gasteiger partial charge < -0.3 is 9.79 Å². The Kier molecular flexibility index (Phi) is 4.30. The minimum absolute atomic E-state index is 0.0202. The predicted octanol–water partition coefficient (Wildman–Crippen LogP) is 1.85. The highest BCUT2D eigenvalue weighted by atomic mass is 31.2. The van der Waals surface area contributed by atoms with Crippen LogP contribution in [0.25, 0.3) is 0 Å². The van der Waals surface area contributed by atoms with Crippen molar-refractivity contribution in [2.24, 2.45) is 11.8 Å². The van der Waals surface area contributed by atoms with Crippen molar-refractivity contribution in [2.45, 2.75) is 27.2 Å². The molecule has 11 heavy (non-hydrogen) atoms. The largest absolute Gasteiger partial charge is 0.325 e. The summed E-state index contributed by atoms with van der Waals surface area (Å²) in [5.41, 5.74) is 0. The fourth-order valence-electron chi connectivity index (χ4n) is 0.705. The molecule has 3 nitrogen and oxygen atoms in total. The van der Waals surface area contributed by atoms with Crippen molar-refractivity contribution in [1.29, 1.82) is 0 Å². The fourth-order valence-corrected chi connectivity index (χ4v) is 1.45. The highest BCUT2D eigenvalue weighted by molar-refractivity contribution is 7.51. The van der Waals surface area contributed by atoms with Gasteiger partial charge in [-0.15, -0.1) is 0 Å². The molecule has 0 heterocycles. The molecule has 0 radical (unpaired) electrons. The summed E-state index contributed by atoms with van der Waals surface area (Å²) in [5, 5.41) is 0. The van der Waals surface area contributed by atoms with E-state index in [0.717, 1.165) is 0 Å². The molecule has 4 heteroatoms. The van der Waals surface area contributed by atoms with Crippen molar-refractivity contribution in [3.05, 3.63) is 0 Å². The Labute approximate surface area is 68.0 Å². The molecule has 0 aliphatic carbocycles. The molecule has 68 valence electrons. The van der Waals surface area contributed by atoms with Crippen LogP contribution in [0.15, 0.2) is 0 Å². The first-order chi connectivity index (χ1) is 4.83. The highest BCUT2D eigenvalue weighted by Crippen LogP contribution is 2.36. The minimum Gasteiger partial charge on any atom is -0.324 e. The first kappa shape index (κ1) is 11.2. The van der Waals surface area contributed by atoms with Crippen LogP contribution in [0.3, 0.4) is 0 Å². The zero-order chi connectivity index (χ0) is 9.07. The molecule has 0 aliphatic heterocycles. The summed E-state index contributed by atoms with van der Waals surface area (Å²) >= 11 is 0. The van der Waals surface area contributed by atoms with Crippen LogP contribution < -0.4 is 0 Å². The maximum absolute atomic E-state index is 10.5. The van der Waals surface area contributed by atoms with E-state index in [1.807, 2.05) is 6.92 Å². The first-order valence-corrected chi connectivity index (χ1v) is 5.67. The Balaban J connectivity index is 3.63. The first-order valence-electron chi connectivity index (χ1n) is 3.87. The van der Waals surface area contributed by atoms with Gasteiger partial charge in [0.15, 0.2) is 0 Å². The molecule has 1 unspecified atom stereocenters. The molecule has 0 saturated carbocycles. The third-order valence-corrected chi connectivity index (χ3v) is 2.85. The van der Waals surface area contributed by atoms with Crippen LogP contribution >= 0.6 is 7.60 Å². The van der Waals surface area contributed by atoms with Crippen LogP contribution in [0.5, 0.6) is 0 Å². The van der Waals surface area contributed by atoms with E-state index in [4.69, 9.17) is 9.79 Å². The van der Waals surface area contributed by atoms with Crippen LogP contribution in [-0.2, 0) is 4.57 Å². The van der Waals surface area contributed by atoms with E-state index in [1.54, 1.807) is 0 Å². The van der Waals surface area contributed by atoms with E-state index < -0.39 is 7.60 Å². The lowest BCUT2D eigenvalue weighted by Crippen LogP contribution is -2.06. The summed E-state index contributed by atoms with van der Waals surface area (Å²) in [4.78, 5) is 17.1. The molecule has 0 bridgehead atoms. The van der Waals surface area contributed by atoms with Crippen molar-refractivity contribution in [1.82, 2.24) is 0 Å². The van der Waals surface area contributed by atoms with E-state index in [0.29, 0.717) is 18.3 Å². The standard InChI is InChI=1S/C7H17O3P/c1-6(2)7(3)4-5-11(8,9)10/h6-7H,4-5H2,1-3H3,(H2,8,9,10). The number of rotatable bonds is 4. The topological polar surface area (TPSA) is 57.5 Å². The molecular weight excluding hydrogens is 163 g/mol. The van der Waals surface area contributed by atoms with E-state index in [1.165, 1.54) is 0 Å². The second kappa shape index (κ2) is 4.24. The van der Waals surface area contributed by atoms with Crippen LogP contribution in [-0.4, -0.2) is 15.9 Å². The lowest BCUT2D eigenvalue weighted by molar-refractivity contribution is 0.353. The average molecular weight is 180 g/mol. The molecule has 0 rings (SSSR count). The van der Waals surface area contributed by atoms with Gasteiger partial charge in [-0.1, -0.05) is 20.8 Å². The normalized spacial score (nSPS) is 15.5. The zero-order valence-electron chi connectivity index (χ0n) is 7.32. The van der Waals surface area contributed by atoms with Gasteiger partial charge in [-0.2, -0.15) is 0 Å². The number of hydrogen-bond donors (Lipinski definition) is 2. The number of hydrogen-bond acceptors (Lipinski definition) is 1. The Hall–Kier alpha value is 0.150. The van der Waals surface area contributed by atoms with Crippen LogP contribution in [0.4, 0.5) is 0 Å². The van der Waals surface area contributed by atoms with Crippen molar-refractivity contribution < 1.29 is 14.4 Å². The van der Waals surface area contributed by atoms with E-state index in [9.17, 15) is 4.57 Å². The zero-order valence-corrected chi connectivity index (χ0v) is 8.21. The summed E-state index contributed by atoms with van der Waals surface area (Å²) in [6.07, 6.45) is 0.633. The molecule has 0 aliphatic rings. The Morgan fingerprint density at radius 2 is 1.73 bits per heavy atom. The third kappa shape index (κ3) is 6.54. The van der Waals surface area contributed by atoms with Gasteiger partial charge in [-0.3, -0.25) is 4.57 Å². The molecule has 0 saturated heterocycles. The molecule has 2 N–H and O–H groups in total. The molecule has 0 aromatic carbocycles. The second-order valence-corrected chi connectivity index (χ2v) is 5.17. The quantitative estimate of drug-likeness (QED) is 0.649. The van der Waals surface area contributed by atoms with Crippen molar-refractivity contribution in [2.75, 3.05) is 6.16 Å². The van der Waals surface area contributed by atoms with Gasteiger partial charge in [0.05, 0.1) is 6.16 Å². The summed E-state index contributed by atoms with van der Waals surface area (Å²) in [7, 11) is -3.76. The van der Waals surface area contributed by atoms with E-state index >= 15 is 0 Å². The molecule has 0 aromatic heterocycles. The fraction of sp³-hybridized carbons (Fsp3) is 1.00.